The Morgan fingerprint density at radius 1 is 1.26 bits per heavy atom. The molecule has 0 saturated carbocycles. The molecule has 2 aromatic carbocycles. The predicted octanol–water partition coefficient (Wildman–Crippen LogP) is 5.38. The van der Waals surface area contributed by atoms with Gasteiger partial charge in [0, 0.05) is 21.5 Å². The summed E-state index contributed by atoms with van der Waals surface area (Å²) in [6.45, 7) is 0. The van der Waals surface area contributed by atoms with E-state index in [-0.39, 0.29) is 5.75 Å². The molecule has 0 bridgehead atoms. The first kappa shape index (κ1) is 16.0. The van der Waals surface area contributed by atoms with Crippen molar-refractivity contribution in [2.45, 2.75) is 0 Å². The third kappa shape index (κ3) is 3.90. The molecule has 0 aliphatic carbocycles. The van der Waals surface area contributed by atoms with Crippen molar-refractivity contribution in [1.82, 2.24) is 4.98 Å². The highest BCUT2D eigenvalue weighted by atomic mass is 79.9. The van der Waals surface area contributed by atoms with E-state index in [0.29, 0.717) is 20.2 Å². The molecule has 0 atom stereocenters. The van der Waals surface area contributed by atoms with Crippen molar-refractivity contribution in [2.24, 2.45) is 5.10 Å². The fraction of sp³-hybridized carbons (Fsp3) is 0. The van der Waals surface area contributed by atoms with E-state index >= 15 is 0 Å². The smallest absolute Gasteiger partial charge is 0.203 e. The van der Waals surface area contributed by atoms with Crippen LogP contribution in [0.25, 0.3) is 11.3 Å². The number of aromatic nitrogens is 1. The average Bonchev–Trinajstić information content (AvgIpc) is 3.02. The maximum absolute atomic E-state index is 9.93. The van der Waals surface area contributed by atoms with E-state index in [1.165, 1.54) is 17.6 Å². The van der Waals surface area contributed by atoms with E-state index in [4.69, 9.17) is 11.6 Å². The number of rotatable bonds is 4. The number of thiazole rings is 1. The van der Waals surface area contributed by atoms with Gasteiger partial charge in [-0.25, -0.2) is 4.98 Å². The van der Waals surface area contributed by atoms with E-state index < -0.39 is 0 Å². The van der Waals surface area contributed by atoms with Crippen LogP contribution < -0.4 is 5.43 Å². The third-order valence-corrected chi connectivity index (χ3v) is 4.56. The quantitative estimate of drug-likeness (QED) is 0.450. The number of aromatic hydroxyl groups is 1. The molecule has 0 aliphatic heterocycles. The second kappa shape index (κ2) is 7.12. The van der Waals surface area contributed by atoms with Crippen LogP contribution in [0, 0.1) is 0 Å². The van der Waals surface area contributed by atoms with Crippen LogP contribution in [0.5, 0.6) is 5.75 Å². The van der Waals surface area contributed by atoms with Crippen molar-refractivity contribution in [3.05, 3.63) is 62.9 Å². The molecule has 23 heavy (non-hydrogen) atoms. The Balaban J connectivity index is 1.73. The van der Waals surface area contributed by atoms with Crippen LogP contribution in [-0.2, 0) is 0 Å². The lowest BCUT2D eigenvalue weighted by molar-refractivity contribution is 0.471. The molecule has 0 unspecified atom stereocenters. The number of anilines is 1. The van der Waals surface area contributed by atoms with E-state index in [1.54, 1.807) is 12.1 Å². The molecule has 0 fully saturated rings. The monoisotopic (exact) mass is 407 g/mol. The summed E-state index contributed by atoms with van der Waals surface area (Å²) in [6, 6.07) is 13.2. The lowest BCUT2D eigenvalue weighted by Crippen LogP contribution is -1.91. The SMILES string of the molecule is Oc1c(Br)cc(Cl)cc1C=NNc1nc(-c2ccccc2)cs1. The van der Waals surface area contributed by atoms with E-state index in [0.717, 1.165) is 11.3 Å². The number of phenolic OH excluding ortho intramolecular Hbond substituents is 1. The summed E-state index contributed by atoms with van der Waals surface area (Å²) in [4.78, 5) is 4.47. The number of halogens is 2. The van der Waals surface area contributed by atoms with Gasteiger partial charge in [0.1, 0.15) is 5.75 Å². The fourth-order valence-electron chi connectivity index (χ4n) is 1.91. The van der Waals surface area contributed by atoms with Gasteiger partial charge in [-0.15, -0.1) is 11.3 Å². The van der Waals surface area contributed by atoms with E-state index in [9.17, 15) is 5.11 Å². The fourth-order valence-corrected chi connectivity index (χ4v) is 3.41. The summed E-state index contributed by atoms with van der Waals surface area (Å²) in [7, 11) is 0. The van der Waals surface area contributed by atoms with Gasteiger partial charge in [0.2, 0.25) is 5.13 Å². The Morgan fingerprint density at radius 3 is 2.83 bits per heavy atom. The van der Waals surface area contributed by atoms with Gasteiger partial charge in [0.25, 0.3) is 0 Å². The van der Waals surface area contributed by atoms with Gasteiger partial charge in [-0.3, -0.25) is 5.43 Å². The number of nitrogens with one attached hydrogen (secondary N) is 1. The van der Waals surface area contributed by atoms with Gasteiger partial charge < -0.3 is 5.11 Å². The largest absolute Gasteiger partial charge is 0.506 e. The molecule has 116 valence electrons. The maximum Gasteiger partial charge on any atom is 0.203 e. The topological polar surface area (TPSA) is 57.5 Å². The molecule has 3 rings (SSSR count). The summed E-state index contributed by atoms with van der Waals surface area (Å²) < 4.78 is 0.520. The van der Waals surface area contributed by atoms with Crippen LogP contribution in [-0.4, -0.2) is 16.3 Å². The van der Waals surface area contributed by atoms with Crippen LogP contribution in [0.3, 0.4) is 0 Å². The highest BCUT2D eigenvalue weighted by Gasteiger charge is 2.06. The van der Waals surface area contributed by atoms with Crippen LogP contribution in [0.1, 0.15) is 5.56 Å². The van der Waals surface area contributed by atoms with E-state index in [1.807, 2.05) is 35.7 Å². The third-order valence-electron chi connectivity index (χ3n) is 3.00. The zero-order chi connectivity index (χ0) is 16.2. The first-order valence-electron chi connectivity index (χ1n) is 6.61. The van der Waals surface area contributed by atoms with Crippen LogP contribution in [0.4, 0.5) is 5.13 Å². The lowest BCUT2D eigenvalue weighted by atomic mass is 10.2. The Labute approximate surface area is 150 Å². The van der Waals surface area contributed by atoms with Gasteiger partial charge >= 0.3 is 0 Å². The Hall–Kier alpha value is -1.89. The minimum atomic E-state index is 0.0871. The summed E-state index contributed by atoms with van der Waals surface area (Å²) in [5.74, 6) is 0.0871. The lowest BCUT2D eigenvalue weighted by Gasteiger charge is -2.02. The molecular weight excluding hydrogens is 398 g/mol. The summed E-state index contributed by atoms with van der Waals surface area (Å²) in [6.07, 6.45) is 1.50. The molecule has 0 radical (unpaired) electrons. The Kier molecular flexibility index (Phi) is 4.95. The second-order valence-electron chi connectivity index (χ2n) is 4.60. The maximum atomic E-state index is 9.93. The van der Waals surface area contributed by atoms with Gasteiger partial charge in [0.15, 0.2) is 0 Å². The molecular formula is C16H11BrClN3OS. The average molecular weight is 409 g/mol. The first-order valence-corrected chi connectivity index (χ1v) is 8.66. The normalized spacial score (nSPS) is 11.0. The summed E-state index contributed by atoms with van der Waals surface area (Å²) >= 11 is 10.6. The number of benzene rings is 2. The van der Waals surface area contributed by atoms with Gasteiger partial charge in [-0.2, -0.15) is 5.10 Å². The van der Waals surface area contributed by atoms with Crippen molar-refractivity contribution < 1.29 is 5.11 Å². The second-order valence-corrected chi connectivity index (χ2v) is 6.75. The minimum Gasteiger partial charge on any atom is -0.506 e. The van der Waals surface area contributed by atoms with Crippen molar-refractivity contribution in [3.8, 4) is 17.0 Å². The standard InChI is InChI=1S/C16H11BrClN3OS/c17-13-7-12(18)6-11(15(13)22)8-19-21-16-20-14(9-23-16)10-4-2-1-3-5-10/h1-9,22H,(H,20,21). The van der Waals surface area contributed by atoms with Crippen LogP contribution in [0.2, 0.25) is 5.02 Å². The van der Waals surface area contributed by atoms with Crippen molar-refractivity contribution >= 4 is 50.2 Å². The molecule has 4 nitrogen and oxygen atoms in total. The number of nitrogens with zero attached hydrogens (tertiary/aromatic N) is 2. The summed E-state index contributed by atoms with van der Waals surface area (Å²) in [5.41, 5.74) is 5.31. The molecule has 3 aromatic rings. The van der Waals surface area contributed by atoms with E-state index in [2.05, 4.69) is 31.4 Å². The number of phenols is 1. The predicted molar refractivity (Wildman–Crippen MR) is 99.6 cm³/mol. The molecule has 2 N–H and O–H groups in total. The minimum absolute atomic E-state index is 0.0871. The van der Waals surface area contributed by atoms with Gasteiger partial charge in [-0.1, -0.05) is 41.9 Å². The van der Waals surface area contributed by atoms with Crippen LogP contribution >= 0.6 is 38.9 Å². The van der Waals surface area contributed by atoms with Crippen molar-refractivity contribution in [3.63, 3.8) is 0 Å². The molecule has 1 heterocycles. The molecule has 0 spiro atoms. The molecule has 1 aromatic heterocycles. The molecule has 7 heteroatoms. The first-order chi connectivity index (χ1) is 11.1. The number of hydrogen-bond acceptors (Lipinski definition) is 5. The highest BCUT2D eigenvalue weighted by molar-refractivity contribution is 9.10. The van der Waals surface area contributed by atoms with Gasteiger partial charge in [-0.05, 0) is 28.1 Å². The molecule has 0 saturated heterocycles. The zero-order valence-corrected chi connectivity index (χ0v) is 14.9. The van der Waals surface area contributed by atoms with Crippen molar-refractivity contribution in [1.29, 1.82) is 0 Å². The van der Waals surface area contributed by atoms with Crippen molar-refractivity contribution in [2.75, 3.05) is 5.43 Å². The van der Waals surface area contributed by atoms with Crippen LogP contribution in [0.15, 0.2) is 57.4 Å². The van der Waals surface area contributed by atoms with Gasteiger partial charge in [0.05, 0.1) is 16.4 Å². The Morgan fingerprint density at radius 2 is 2.04 bits per heavy atom. The highest BCUT2D eigenvalue weighted by Crippen LogP contribution is 2.30. The molecule has 0 amide bonds. The Bertz CT molecular complexity index is 852. The number of hydrazone groups is 1. The number of hydrogen-bond donors (Lipinski definition) is 2. The zero-order valence-electron chi connectivity index (χ0n) is 11.7. The molecule has 0 aliphatic rings. The summed E-state index contributed by atoms with van der Waals surface area (Å²) in [5, 5.41) is 17.2.